The van der Waals surface area contributed by atoms with Gasteiger partial charge in [0.25, 0.3) is 0 Å². The molecule has 122 valence electrons. The van der Waals surface area contributed by atoms with Gasteiger partial charge in [-0.3, -0.25) is 0 Å². The highest BCUT2D eigenvalue weighted by atomic mass is 35.5. The molecular weight excluding hydrogens is 323 g/mol. The highest BCUT2D eigenvalue weighted by molar-refractivity contribution is 6.32. The topological polar surface area (TPSA) is 55.8 Å². The number of carbonyl (C=O) groups excluding carboxylic acids is 1. The lowest BCUT2D eigenvalue weighted by atomic mass is 10.0. The molecule has 0 unspecified atom stereocenters. The fraction of sp³-hybridized carbons (Fsp3) is 0.235. The Hall–Kier alpha value is -2.27. The summed E-state index contributed by atoms with van der Waals surface area (Å²) >= 11 is 6.14. The summed E-state index contributed by atoms with van der Waals surface area (Å²) in [5.41, 5.74) is 1.19. The maximum Gasteiger partial charge on any atom is 0.338 e. The molecule has 1 N–H and O–H groups in total. The zero-order chi connectivity index (χ0) is 17.0. The van der Waals surface area contributed by atoms with Crippen molar-refractivity contribution in [3.05, 3.63) is 57.9 Å². The van der Waals surface area contributed by atoms with E-state index in [0.717, 1.165) is 0 Å². The molecule has 0 bridgehead atoms. The number of phenols is 1. The molecule has 0 fully saturated rings. The minimum Gasteiger partial charge on any atom is -0.508 e. The van der Waals surface area contributed by atoms with Gasteiger partial charge in [-0.15, -0.1) is 0 Å². The number of hydrogen-bond donors (Lipinski definition) is 1. The van der Waals surface area contributed by atoms with E-state index in [2.05, 4.69) is 0 Å². The van der Waals surface area contributed by atoms with Gasteiger partial charge in [-0.1, -0.05) is 17.7 Å². The number of carbonyl (C=O) groups is 1. The smallest absolute Gasteiger partial charge is 0.338 e. The van der Waals surface area contributed by atoms with Gasteiger partial charge in [-0.25, -0.2) is 9.18 Å². The average Bonchev–Trinajstić information content (AvgIpc) is 2.51. The van der Waals surface area contributed by atoms with Gasteiger partial charge in [-0.05, 0) is 36.8 Å². The molecule has 2 rings (SSSR count). The zero-order valence-corrected chi connectivity index (χ0v) is 13.5. The van der Waals surface area contributed by atoms with Crippen LogP contribution < -0.4 is 4.74 Å². The summed E-state index contributed by atoms with van der Waals surface area (Å²) in [6, 6.07) is 7.21. The lowest BCUT2D eigenvalue weighted by Crippen LogP contribution is -2.05. The quantitative estimate of drug-likeness (QED) is 0.838. The van der Waals surface area contributed by atoms with Gasteiger partial charge in [-0.2, -0.15) is 0 Å². The summed E-state index contributed by atoms with van der Waals surface area (Å²) in [5.74, 6) is -1.06. The number of methoxy groups -OCH3 is 1. The Morgan fingerprint density at radius 3 is 2.61 bits per heavy atom. The van der Waals surface area contributed by atoms with Gasteiger partial charge >= 0.3 is 5.97 Å². The van der Waals surface area contributed by atoms with E-state index in [4.69, 9.17) is 21.1 Å². The number of aromatic hydroxyl groups is 1. The van der Waals surface area contributed by atoms with Crippen LogP contribution in [-0.4, -0.2) is 24.8 Å². The summed E-state index contributed by atoms with van der Waals surface area (Å²) < 4.78 is 23.5. The third-order valence-corrected chi connectivity index (χ3v) is 3.62. The van der Waals surface area contributed by atoms with Crippen LogP contribution in [0.3, 0.4) is 0 Å². The Kier molecular flexibility index (Phi) is 5.45. The Morgan fingerprint density at radius 2 is 2.04 bits per heavy atom. The first-order valence-electron chi connectivity index (χ1n) is 6.97. The molecule has 0 saturated heterocycles. The van der Waals surface area contributed by atoms with Gasteiger partial charge in [0.1, 0.15) is 5.75 Å². The third kappa shape index (κ3) is 3.93. The summed E-state index contributed by atoms with van der Waals surface area (Å²) in [6.45, 7) is 1.91. The highest BCUT2D eigenvalue weighted by Crippen LogP contribution is 2.31. The monoisotopic (exact) mass is 338 g/mol. The average molecular weight is 339 g/mol. The van der Waals surface area contributed by atoms with Crippen molar-refractivity contribution < 1.29 is 23.8 Å². The van der Waals surface area contributed by atoms with Crippen molar-refractivity contribution in [1.82, 2.24) is 0 Å². The fourth-order valence-electron chi connectivity index (χ4n) is 2.15. The summed E-state index contributed by atoms with van der Waals surface area (Å²) in [4.78, 5) is 11.7. The van der Waals surface area contributed by atoms with E-state index >= 15 is 0 Å². The van der Waals surface area contributed by atoms with E-state index in [-0.39, 0.29) is 35.1 Å². The highest BCUT2D eigenvalue weighted by Gasteiger charge is 2.15. The Balaban J connectivity index is 2.30. The van der Waals surface area contributed by atoms with E-state index in [9.17, 15) is 14.3 Å². The number of phenolic OH excluding ortho intramolecular Hbond substituents is 1. The number of hydrogen-bond acceptors (Lipinski definition) is 4. The van der Waals surface area contributed by atoms with E-state index in [0.29, 0.717) is 11.1 Å². The second kappa shape index (κ2) is 7.33. The number of ether oxygens (including phenoxy) is 2. The lowest BCUT2D eigenvalue weighted by Gasteiger charge is -2.11. The van der Waals surface area contributed by atoms with Gasteiger partial charge in [0, 0.05) is 17.0 Å². The van der Waals surface area contributed by atoms with Crippen molar-refractivity contribution >= 4 is 17.6 Å². The normalized spacial score (nSPS) is 10.4. The molecule has 4 nitrogen and oxygen atoms in total. The number of rotatable bonds is 5. The largest absolute Gasteiger partial charge is 0.508 e. The minimum absolute atomic E-state index is 0.140. The van der Waals surface area contributed by atoms with Crippen LogP contribution in [0.2, 0.25) is 5.02 Å². The number of halogens is 2. The molecule has 0 radical (unpaired) electrons. The van der Waals surface area contributed by atoms with Crippen LogP contribution in [-0.2, 0) is 11.2 Å². The van der Waals surface area contributed by atoms with Gasteiger partial charge < -0.3 is 14.6 Å². The number of benzene rings is 2. The first-order valence-corrected chi connectivity index (χ1v) is 7.35. The summed E-state index contributed by atoms with van der Waals surface area (Å²) in [6.07, 6.45) is 0.217. The molecule has 0 amide bonds. The molecule has 2 aromatic rings. The molecule has 0 spiro atoms. The van der Waals surface area contributed by atoms with E-state index in [1.54, 1.807) is 13.0 Å². The molecular formula is C17H16ClFO4. The van der Waals surface area contributed by atoms with Crippen LogP contribution in [0.5, 0.6) is 11.5 Å². The van der Waals surface area contributed by atoms with Crippen LogP contribution in [0.15, 0.2) is 30.3 Å². The fourth-order valence-corrected chi connectivity index (χ4v) is 2.43. The van der Waals surface area contributed by atoms with E-state index < -0.39 is 11.8 Å². The van der Waals surface area contributed by atoms with Crippen molar-refractivity contribution in [2.24, 2.45) is 0 Å². The molecule has 6 heteroatoms. The van der Waals surface area contributed by atoms with E-state index in [1.807, 2.05) is 0 Å². The van der Waals surface area contributed by atoms with Crippen molar-refractivity contribution in [2.45, 2.75) is 13.3 Å². The Morgan fingerprint density at radius 1 is 1.30 bits per heavy atom. The van der Waals surface area contributed by atoms with Crippen molar-refractivity contribution in [3.8, 4) is 11.5 Å². The molecule has 0 aromatic heterocycles. The summed E-state index contributed by atoms with van der Waals surface area (Å²) in [5, 5.41) is 10.3. The standard InChI is InChI=1S/C17H16ClFO4/c1-3-23-17(21)11-8-13(18)12(15(20)9-11)6-10-4-5-16(22-2)14(19)7-10/h4-5,7-9,20H,3,6H2,1-2H3. The second-order valence-electron chi connectivity index (χ2n) is 4.82. The molecule has 0 atom stereocenters. The van der Waals surface area contributed by atoms with Gasteiger partial charge in [0.2, 0.25) is 0 Å². The van der Waals surface area contributed by atoms with Crippen molar-refractivity contribution in [3.63, 3.8) is 0 Å². The van der Waals surface area contributed by atoms with Crippen LogP contribution in [0.1, 0.15) is 28.4 Å². The summed E-state index contributed by atoms with van der Waals surface area (Å²) in [7, 11) is 1.38. The molecule has 2 aromatic carbocycles. The molecule has 0 aliphatic rings. The SMILES string of the molecule is CCOC(=O)c1cc(O)c(Cc2ccc(OC)c(F)c2)c(Cl)c1. The molecule has 0 saturated carbocycles. The molecule has 0 heterocycles. The Labute approximate surface area is 138 Å². The van der Waals surface area contributed by atoms with Crippen molar-refractivity contribution in [1.29, 1.82) is 0 Å². The Bertz CT molecular complexity index is 708. The van der Waals surface area contributed by atoms with Gasteiger partial charge in [0.15, 0.2) is 11.6 Å². The van der Waals surface area contributed by atoms with Crippen LogP contribution in [0.25, 0.3) is 0 Å². The second-order valence-corrected chi connectivity index (χ2v) is 5.23. The first-order chi connectivity index (χ1) is 11.0. The molecule has 0 aliphatic carbocycles. The maximum atomic E-state index is 13.7. The predicted molar refractivity (Wildman–Crippen MR) is 84.8 cm³/mol. The van der Waals surface area contributed by atoms with E-state index in [1.165, 1.54) is 31.4 Å². The van der Waals surface area contributed by atoms with Crippen LogP contribution in [0.4, 0.5) is 4.39 Å². The molecule has 0 aliphatic heterocycles. The minimum atomic E-state index is -0.563. The number of esters is 1. The first kappa shape index (κ1) is 17.1. The maximum absolute atomic E-state index is 13.7. The van der Waals surface area contributed by atoms with Crippen LogP contribution >= 0.6 is 11.6 Å². The van der Waals surface area contributed by atoms with Gasteiger partial charge in [0.05, 0.1) is 19.3 Å². The predicted octanol–water partition coefficient (Wildman–Crippen LogP) is 3.96. The lowest BCUT2D eigenvalue weighted by molar-refractivity contribution is 0.0526. The van der Waals surface area contributed by atoms with Crippen molar-refractivity contribution in [2.75, 3.05) is 13.7 Å². The van der Waals surface area contributed by atoms with Crippen LogP contribution in [0, 0.1) is 5.82 Å². The zero-order valence-electron chi connectivity index (χ0n) is 12.7. The third-order valence-electron chi connectivity index (χ3n) is 3.28. The molecule has 23 heavy (non-hydrogen) atoms.